The highest BCUT2D eigenvalue weighted by atomic mass is 79.9. The van der Waals surface area contributed by atoms with Crippen LogP contribution in [0.2, 0.25) is 0 Å². The molecular formula is C21H23BrN2O3. The molecule has 0 aromatic heterocycles. The van der Waals surface area contributed by atoms with Gasteiger partial charge in [0, 0.05) is 4.47 Å². The summed E-state index contributed by atoms with van der Waals surface area (Å²) in [5.74, 6) is -1.07. The van der Waals surface area contributed by atoms with E-state index in [0.717, 1.165) is 15.7 Å². The maximum Gasteiger partial charge on any atom is 0.317 e. The van der Waals surface area contributed by atoms with Crippen molar-refractivity contribution in [3.63, 3.8) is 0 Å². The van der Waals surface area contributed by atoms with E-state index in [4.69, 9.17) is 9.84 Å². The highest BCUT2D eigenvalue weighted by molar-refractivity contribution is 9.10. The Labute approximate surface area is 167 Å². The number of anilines is 1. The Morgan fingerprint density at radius 2 is 1.78 bits per heavy atom. The number of carbonyl (C=O) groups excluding carboxylic acids is 1. The number of benzene rings is 2. The highest BCUT2D eigenvalue weighted by Crippen LogP contribution is 2.33. The van der Waals surface area contributed by atoms with Crippen molar-refractivity contribution in [1.82, 2.24) is 0 Å². The second-order valence-corrected chi connectivity index (χ2v) is 8.35. The van der Waals surface area contributed by atoms with Crippen LogP contribution in [0, 0.1) is 5.92 Å². The van der Waals surface area contributed by atoms with Gasteiger partial charge in [0.15, 0.2) is 0 Å². The van der Waals surface area contributed by atoms with Crippen LogP contribution in [-0.2, 0) is 9.53 Å². The number of hydrogen-bond acceptors (Lipinski definition) is 5. The number of hydrogen-bond donors (Lipinski definition) is 1. The lowest BCUT2D eigenvalue weighted by Gasteiger charge is -2.28. The van der Waals surface area contributed by atoms with Crippen LogP contribution in [0.4, 0.5) is 5.69 Å². The number of rotatable bonds is 4. The Morgan fingerprint density at radius 1 is 1.15 bits per heavy atom. The molecule has 2 atom stereocenters. The first kappa shape index (κ1) is 19.6. The Hall–Kier alpha value is -2.18. The summed E-state index contributed by atoms with van der Waals surface area (Å²) >= 11 is 3.43. The van der Waals surface area contributed by atoms with Gasteiger partial charge >= 0.3 is 5.97 Å². The lowest BCUT2D eigenvalue weighted by Crippen LogP contribution is -2.43. The molecule has 6 heteroatoms. The van der Waals surface area contributed by atoms with Gasteiger partial charge in [-0.2, -0.15) is 5.10 Å². The zero-order valence-corrected chi connectivity index (χ0v) is 17.2. The van der Waals surface area contributed by atoms with E-state index in [0.29, 0.717) is 5.71 Å². The number of aliphatic hydroxyl groups excluding tert-OH is 1. The van der Waals surface area contributed by atoms with Gasteiger partial charge in [0.1, 0.15) is 11.5 Å². The Bertz CT molecular complexity index is 829. The van der Waals surface area contributed by atoms with Crippen LogP contribution < -0.4 is 5.01 Å². The lowest BCUT2D eigenvalue weighted by atomic mass is 9.91. The summed E-state index contributed by atoms with van der Waals surface area (Å²) in [4.78, 5) is 13.0. The van der Waals surface area contributed by atoms with E-state index in [2.05, 4.69) is 15.9 Å². The van der Waals surface area contributed by atoms with Crippen molar-refractivity contribution in [1.29, 1.82) is 0 Å². The molecule has 0 saturated heterocycles. The zero-order valence-electron chi connectivity index (χ0n) is 15.6. The summed E-state index contributed by atoms with van der Waals surface area (Å²) in [5.41, 5.74) is 1.62. The molecule has 0 saturated carbocycles. The van der Waals surface area contributed by atoms with Crippen molar-refractivity contribution in [2.75, 3.05) is 11.6 Å². The number of aliphatic hydroxyl groups is 1. The highest BCUT2D eigenvalue weighted by Gasteiger charge is 2.44. The van der Waals surface area contributed by atoms with Crippen LogP contribution in [0.1, 0.15) is 26.3 Å². The third-order valence-corrected chi connectivity index (χ3v) is 4.75. The molecule has 0 aliphatic carbocycles. The smallest absolute Gasteiger partial charge is 0.317 e. The number of hydrazone groups is 1. The molecule has 2 aromatic rings. The summed E-state index contributed by atoms with van der Waals surface area (Å²) in [6.07, 6.45) is 0. The molecule has 0 radical (unpaired) electrons. The van der Waals surface area contributed by atoms with Crippen LogP contribution >= 0.6 is 15.9 Å². The van der Waals surface area contributed by atoms with E-state index in [1.807, 2.05) is 75.4 Å². The molecule has 0 amide bonds. The quantitative estimate of drug-likeness (QED) is 0.744. The fraction of sp³-hybridized carbons (Fsp3) is 0.333. The summed E-state index contributed by atoms with van der Waals surface area (Å²) in [6.45, 7) is 5.28. The van der Waals surface area contributed by atoms with Gasteiger partial charge in [-0.1, -0.05) is 46.3 Å². The van der Waals surface area contributed by atoms with Gasteiger partial charge in [-0.15, -0.1) is 0 Å². The predicted octanol–water partition coefficient (Wildman–Crippen LogP) is 3.99. The molecule has 1 aliphatic rings. The standard InChI is InChI=1S/C21H23BrN2O3/c1-21(2,3)27-20(26)18-17(13-25)24(16-11-9-15(22)10-12-16)23-19(18)14-7-5-4-6-8-14/h4-12,17-18,25H,13H2,1-3H3/t17-,18-/m0/s1. The molecule has 1 aliphatic heterocycles. The molecule has 3 rings (SSSR count). The first-order valence-electron chi connectivity index (χ1n) is 8.82. The zero-order chi connectivity index (χ0) is 19.6. The molecule has 1 N–H and O–H groups in total. The summed E-state index contributed by atoms with van der Waals surface area (Å²) < 4.78 is 6.59. The number of carbonyl (C=O) groups is 1. The van der Waals surface area contributed by atoms with Gasteiger partial charge in [-0.05, 0) is 50.6 Å². The molecule has 142 valence electrons. The Kier molecular flexibility index (Phi) is 5.67. The third kappa shape index (κ3) is 4.39. The fourth-order valence-corrected chi connectivity index (χ4v) is 3.35. The molecule has 0 fully saturated rings. The second kappa shape index (κ2) is 7.82. The molecule has 2 aromatic carbocycles. The van der Waals surface area contributed by atoms with E-state index >= 15 is 0 Å². The van der Waals surface area contributed by atoms with E-state index < -0.39 is 17.6 Å². The summed E-state index contributed by atoms with van der Waals surface area (Å²) in [5, 5.41) is 16.5. The molecule has 5 nitrogen and oxygen atoms in total. The average molecular weight is 431 g/mol. The van der Waals surface area contributed by atoms with E-state index in [1.165, 1.54) is 0 Å². The third-order valence-electron chi connectivity index (χ3n) is 4.22. The lowest BCUT2D eigenvalue weighted by molar-refractivity contribution is -0.158. The Morgan fingerprint density at radius 3 is 2.33 bits per heavy atom. The van der Waals surface area contributed by atoms with Crippen molar-refractivity contribution < 1.29 is 14.6 Å². The van der Waals surface area contributed by atoms with Crippen molar-refractivity contribution in [2.45, 2.75) is 32.4 Å². The van der Waals surface area contributed by atoms with Crippen LogP contribution in [0.15, 0.2) is 64.2 Å². The molecular weight excluding hydrogens is 408 g/mol. The van der Waals surface area contributed by atoms with E-state index in [-0.39, 0.29) is 12.6 Å². The fourth-order valence-electron chi connectivity index (χ4n) is 3.08. The largest absolute Gasteiger partial charge is 0.459 e. The van der Waals surface area contributed by atoms with Crippen LogP contribution in [0.25, 0.3) is 0 Å². The molecule has 0 spiro atoms. The maximum atomic E-state index is 13.0. The van der Waals surface area contributed by atoms with E-state index in [1.54, 1.807) is 5.01 Å². The number of halogens is 1. The molecule has 0 bridgehead atoms. The van der Waals surface area contributed by atoms with Gasteiger partial charge in [-0.25, -0.2) is 0 Å². The van der Waals surface area contributed by atoms with Crippen molar-refractivity contribution in [2.24, 2.45) is 11.0 Å². The topological polar surface area (TPSA) is 62.1 Å². The molecule has 0 unspecified atom stereocenters. The van der Waals surface area contributed by atoms with Gasteiger partial charge in [0.05, 0.1) is 24.0 Å². The second-order valence-electron chi connectivity index (χ2n) is 7.43. The molecule has 1 heterocycles. The summed E-state index contributed by atoms with van der Waals surface area (Å²) in [7, 11) is 0. The van der Waals surface area contributed by atoms with Crippen LogP contribution in [-0.4, -0.2) is 35.0 Å². The number of ether oxygens (including phenoxy) is 1. The minimum atomic E-state index is -0.680. The number of esters is 1. The van der Waals surface area contributed by atoms with Gasteiger partial charge < -0.3 is 9.84 Å². The maximum absolute atomic E-state index is 13.0. The van der Waals surface area contributed by atoms with Crippen LogP contribution in [0.3, 0.4) is 0 Å². The predicted molar refractivity (Wildman–Crippen MR) is 110 cm³/mol. The van der Waals surface area contributed by atoms with Crippen molar-refractivity contribution in [3.8, 4) is 0 Å². The molecule has 27 heavy (non-hydrogen) atoms. The van der Waals surface area contributed by atoms with Gasteiger partial charge in [-0.3, -0.25) is 9.80 Å². The van der Waals surface area contributed by atoms with E-state index in [9.17, 15) is 9.90 Å². The SMILES string of the molecule is CC(C)(C)OC(=O)[C@@H]1C(c2ccccc2)=NN(c2ccc(Br)cc2)[C@H]1CO. The van der Waals surface area contributed by atoms with Gasteiger partial charge in [0.2, 0.25) is 0 Å². The average Bonchev–Trinajstić information content (AvgIpc) is 3.01. The minimum absolute atomic E-state index is 0.222. The Balaban J connectivity index is 2.05. The first-order valence-corrected chi connectivity index (χ1v) is 9.62. The summed E-state index contributed by atoms with van der Waals surface area (Å²) in [6, 6.07) is 16.6. The van der Waals surface area contributed by atoms with Crippen molar-refractivity contribution in [3.05, 3.63) is 64.6 Å². The van der Waals surface area contributed by atoms with Gasteiger partial charge in [0.25, 0.3) is 0 Å². The first-order chi connectivity index (χ1) is 12.8. The normalized spacial score (nSPS) is 19.7. The van der Waals surface area contributed by atoms with Crippen molar-refractivity contribution >= 4 is 33.3 Å². The number of nitrogens with zero attached hydrogens (tertiary/aromatic N) is 2. The minimum Gasteiger partial charge on any atom is -0.459 e. The monoisotopic (exact) mass is 430 g/mol. The van der Waals surface area contributed by atoms with Crippen LogP contribution in [0.5, 0.6) is 0 Å².